The fourth-order valence-corrected chi connectivity index (χ4v) is 3.65. The number of phenolic OH excluding ortho intramolecular Hbond substituents is 3. The Morgan fingerprint density at radius 2 is 1.79 bits per heavy atom. The summed E-state index contributed by atoms with van der Waals surface area (Å²) < 4.78 is 1.62. The molecule has 0 unspecified atom stereocenters. The van der Waals surface area contributed by atoms with Crippen molar-refractivity contribution in [2.75, 3.05) is 0 Å². The summed E-state index contributed by atoms with van der Waals surface area (Å²) in [7, 11) is 0. The highest BCUT2D eigenvalue weighted by atomic mass is 35.5. The molecule has 0 aliphatic rings. The molecule has 2 aromatic carbocycles. The van der Waals surface area contributed by atoms with Crippen LogP contribution >= 0.6 is 34.5 Å². The molecule has 0 fully saturated rings. The molecule has 0 spiro atoms. The second-order valence-corrected chi connectivity index (χ2v) is 7.83. The molecule has 1 heterocycles. The van der Waals surface area contributed by atoms with Crippen LogP contribution in [0.15, 0.2) is 45.8 Å². The predicted octanol–water partition coefficient (Wildman–Crippen LogP) is 4.83. The molecular weight excluding hydrogens is 421 g/mol. The Labute approximate surface area is 175 Å². The minimum atomic E-state index is -0.601. The van der Waals surface area contributed by atoms with E-state index in [1.807, 2.05) is 25.3 Å². The summed E-state index contributed by atoms with van der Waals surface area (Å²) in [5.41, 5.74) is 1.78. The molecule has 3 rings (SSSR count). The zero-order valence-corrected chi connectivity index (χ0v) is 17.3. The number of aromatic nitrogens is 1. The van der Waals surface area contributed by atoms with Crippen LogP contribution in [0, 0.1) is 0 Å². The summed E-state index contributed by atoms with van der Waals surface area (Å²) in [6.45, 7) is 3.91. The highest BCUT2D eigenvalue weighted by Crippen LogP contribution is 2.36. The molecule has 0 bridgehead atoms. The number of nitrogens with zero attached hydrogens (tertiary/aromatic N) is 3. The van der Waals surface area contributed by atoms with Crippen LogP contribution in [0.3, 0.4) is 0 Å². The Hall–Kier alpha value is -2.48. The molecule has 0 radical (unpaired) electrons. The molecule has 0 atom stereocenters. The average Bonchev–Trinajstić information content (AvgIpc) is 3.03. The van der Waals surface area contributed by atoms with Crippen LogP contribution in [0.5, 0.6) is 17.2 Å². The molecule has 6 nitrogen and oxygen atoms in total. The van der Waals surface area contributed by atoms with Gasteiger partial charge in [-0.3, -0.25) is 4.99 Å². The van der Waals surface area contributed by atoms with E-state index in [0.29, 0.717) is 14.8 Å². The molecule has 1 aromatic heterocycles. The summed E-state index contributed by atoms with van der Waals surface area (Å²) in [6, 6.07) is 8.03. The van der Waals surface area contributed by atoms with Crippen molar-refractivity contribution in [2.24, 2.45) is 10.1 Å². The number of benzene rings is 2. The minimum Gasteiger partial charge on any atom is -0.504 e. The quantitative estimate of drug-likeness (QED) is 0.403. The van der Waals surface area contributed by atoms with Crippen LogP contribution in [-0.4, -0.2) is 32.3 Å². The molecule has 0 saturated heterocycles. The normalized spacial score (nSPS) is 12.4. The number of rotatable bonds is 4. The predicted molar refractivity (Wildman–Crippen MR) is 113 cm³/mol. The molecule has 0 aliphatic heterocycles. The van der Waals surface area contributed by atoms with E-state index in [4.69, 9.17) is 23.2 Å². The van der Waals surface area contributed by atoms with Gasteiger partial charge >= 0.3 is 0 Å². The lowest BCUT2D eigenvalue weighted by atomic mass is 10.2. The third-order valence-corrected chi connectivity index (χ3v) is 5.31. The van der Waals surface area contributed by atoms with Crippen LogP contribution < -0.4 is 4.80 Å². The molecule has 28 heavy (non-hydrogen) atoms. The Bertz CT molecular complexity index is 1120. The lowest BCUT2D eigenvalue weighted by Gasteiger charge is -2.07. The van der Waals surface area contributed by atoms with Crippen LogP contribution in [0.2, 0.25) is 10.0 Å². The molecule has 0 amide bonds. The molecule has 3 aromatic rings. The van der Waals surface area contributed by atoms with Crippen LogP contribution in [-0.2, 0) is 0 Å². The van der Waals surface area contributed by atoms with E-state index in [1.165, 1.54) is 29.7 Å². The first-order chi connectivity index (χ1) is 13.3. The lowest BCUT2D eigenvalue weighted by molar-refractivity contribution is 0.367. The van der Waals surface area contributed by atoms with Crippen LogP contribution in [0.1, 0.15) is 19.4 Å². The first-order valence-electron chi connectivity index (χ1n) is 8.26. The zero-order valence-electron chi connectivity index (χ0n) is 15.0. The fourth-order valence-electron chi connectivity index (χ4n) is 2.38. The number of aromatic hydroxyl groups is 3. The smallest absolute Gasteiger partial charge is 0.206 e. The van der Waals surface area contributed by atoms with Crippen molar-refractivity contribution in [3.05, 3.63) is 56.1 Å². The first-order valence-corrected chi connectivity index (χ1v) is 9.89. The standard InChI is InChI=1S/C19H17Cl2N3O3S/c1-10(2)23-19-24(22-8-12-4-6-16(25)18(27)17(12)26)15(9-28-19)11-3-5-13(20)14(21)7-11/h3-10,25-27H,1-2H3. The van der Waals surface area contributed by atoms with Crippen molar-refractivity contribution >= 4 is 40.8 Å². The van der Waals surface area contributed by atoms with E-state index in [0.717, 1.165) is 11.3 Å². The molecule has 0 saturated carbocycles. The Morgan fingerprint density at radius 3 is 2.46 bits per heavy atom. The van der Waals surface area contributed by atoms with Crippen molar-refractivity contribution in [3.8, 4) is 28.5 Å². The van der Waals surface area contributed by atoms with Gasteiger partial charge in [0.05, 0.1) is 22.0 Å². The Balaban J connectivity index is 2.14. The van der Waals surface area contributed by atoms with E-state index >= 15 is 0 Å². The largest absolute Gasteiger partial charge is 0.504 e. The lowest BCUT2D eigenvalue weighted by Crippen LogP contribution is -2.14. The second kappa shape index (κ2) is 8.26. The maximum absolute atomic E-state index is 10.0. The molecule has 3 N–H and O–H groups in total. The monoisotopic (exact) mass is 437 g/mol. The van der Waals surface area contributed by atoms with E-state index in [-0.39, 0.29) is 11.6 Å². The van der Waals surface area contributed by atoms with E-state index in [2.05, 4.69) is 10.1 Å². The fraction of sp³-hybridized carbons (Fsp3) is 0.158. The zero-order chi connectivity index (χ0) is 20.4. The molecule has 0 aliphatic carbocycles. The van der Waals surface area contributed by atoms with E-state index in [9.17, 15) is 15.3 Å². The van der Waals surface area contributed by atoms with Gasteiger partial charge in [0.25, 0.3) is 0 Å². The van der Waals surface area contributed by atoms with Gasteiger partial charge < -0.3 is 15.3 Å². The van der Waals surface area contributed by atoms with Gasteiger partial charge in [0.15, 0.2) is 11.5 Å². The number of hydrogen-bond donors (Lipinski definition) is 3. The maximum Gasteiger partial charge on any atom is 0.206 e. The SMILES string of the molecule is CC(C)N=c1scc(-c2ccc(Cl)c(Cl)c2)n1N=Cc1ccc(O)c(O)c1O. The molecule has 9 heteroatoms. The first kappa shape index (κ1) is 20.3. The molecular formula is C19H17Cl2N3O3S. The van der Waals surface area contributed by atoms with Gasteiger partial charge in [-0.2, -0.15) is 5.10 Å². The van der Waals surface area contributed by atoms with Gasteiger partial charge in [0.1, 0.15) is 0 Å². The summed E-state index contributed by atoms with van der Waals surface area (Å²) in [6.07, 6.45) is 1.38. The van der Waals surface area contributed by atoms with Crippen LogP contribution in [0.25, 0.3) is 11.3 Å². The second-order valence-electron chi connectivity index (χ2n) is 6.18. The topological polar surface area (TPSA) is 90.3 Å². The molecule has 146 valence electrons. The Morgan fingerprint density at radius 1 is 1.04 bits per heavy atom. The summed E-state index contributed by atoms with van der Waals surface area (Å²) in [5.74, 6) is -1.47. The van der Waals surface area contributed by atoms with Gasteiger partial charge in [-0.1, -0.05) is 29.3 Å². The van der Waals surface area contributed by atoms with Gasteiger partial charge in [0, 0.05) is 22.5 Å². The van der Waals surface area contributed by atoms with Crippen molar-refractivity contribution in [3.63, 3.8) is 0 Å². The number of thiazole rings is 1. The summed E-state index contributed by atoms with van der Waals surface area (Å²) in [4.78, 5) is 5.22. The third kappa shape index (κ3) is 4.16. The highest BCUT2D eigenvalue weighted by Gasteiger charge is 2.12. The van der Waals surface area contributed by atoms with E-state index < -0.39 is 17.2 Å². The number of phenols is 3. The van der Waals surface area contributed by atoms with Crippen LogP contribution in [0.4, 0.5) is 0 Å². The van der Waals surface area contributed by atoms with Gasteiger partial charge in [-0.05, 0) is 38.1 Å². The van der Waals surface area contributed by atoms with Gasteiger partial charge in [-0.25, -0.2) is 4.68 Å². The average molecular weight is 438 g/mol. The van der Waals surface area contributed by atoms with Crippen molar-refractivity contribution in [1.29, 1.82) is 0 Å². The van der Waals surface area contributed by atoms with Gasteiger partial charge in [-0.15, -0.1) is 11.3 Å². The number of hydrogen-bond acceptors (Lipinski definition) is 6. The summed E-state index contributed by atoms with van der Waals surface area (Å²) in [5, 5.41) is 36.4. The summed E-state index contributed by atoms with van der Waals surface area (Å²) >= 11 is 13.6. The van der Waals surface area contributed by atoms with Crippen molar-refractivity contribution < 1.29 is 15.3 Å². The highest BCUT2D eigenvalue weighted by molar-refractivity contribution is 7.07. The van der Waals surface area contributed by atoms with Crippen molar-refractivity contribution in [1.82, 2.24) is 4.68 Å². The van der Waals surface area contributed by atoms with Gasteiger partial charge in [0.2, 0.25) is 10.6 Å². The van der Waals surface area contributed by atoms with Crippen molar-refractivity contribution in [2.45, 2.75) is 19.9 Å². The third-order valence-electron chi connectivity index (χ3n) is 3.74. The Kier molecular flexibility index (Phi) is 5.98. The minimum absolute atomic E-state index is 0.0490. The number of halogens is 2. The maximum atomic E-state index is 10.0. The van der Waals surface area contributed by atoms with E-state index in [1.54, 1.807) is 16.8 Å².